The minimum atomic E-state index is -3.10. The van der Waals surface area contributed by atoms with E-state index in [0.29, 0.717) is 17.0 Å². The SMILES string of the molecule is COC1=CC2(C)NC=C(c3cc(OC)c(C(=O)NC4CC4)c(OC(F)F)c3)N2N=C1. The topological polar surface area (TPSA) is 84.4 Å². The number of nitrogens with zero attached hydrogens (tertiary/aromatic N) is 2. The Morgan fingerprint density at radius 3 is 2.67 bits per heavy atom. The van der Waals surface area contributed by atoms with E-state index in [1.165, 1.54) is 13.2 Å². The Kier molecular flexibility index (Phi) is 5.00. The molecule has 1 unspecified atom stereocenters. The van der Waals surface area contributed by atoms with Gasteiger partial charge in [0.1, 0.15) is 22.8 Å². The van der Waals surface area contributed by atoms with Crippen LogP contribution in [0.1, 0.15) is 35.7 Å². The third kappa shape index (κ3) is 3.64. The summed E-state index contributed by atoms with van der Waals surface area (Å²) in [6.07, 6.45) is 6.82. The fourth-order valence-electron chi connectivity index (χ4n) is 3.41. The zero-order valence-electron chi connectivity index (χ0n) is 16.7. The summed E-state index contributed by atoms with van der Waals surface area (Å²) >= 11 is 0. The van der Waals surface area contributed by atoms with Gasteiger partial charge in [-0.2, -0.15) is 13.9 Å². The van der Waals surface area contributed by atoms with Crippen LogP contribution in [0.4, 0.5) is 8.78 Å². The number of methoxy groups -OCH3 is 2. The van der Waals surface area contributed by atoms with Crippen LogP contribution in [-0.4, -0.2) is 49.7 Å². The Morgan fingerprint density at radius 1 is 1.30 bits per heavy atom. The second-order valence-corrected chi connectivity index (χ2v) is 7.31. The van der Waals surface area contributed by atoms with Crippen molar-refractivity contribution >= 4 is 17.8 Å². The van der Waals surface area contributed by atoms with Crippen LogP contribution in [0.15, 0.2) is 35.3 Å². The molecule has 0 spiro atoms. The minimum Gasteiger partial charge on any atom is -0.496 e. The average Bonchev–Trinajstić information content (AvgIpc) is 3.44. The molecule has 3 aliphatic rings. The van der Waals surface area contributed by atoms with Gasteiger partial charge in [0.15, 0.2) is 5.66 Å². The van der Waals surface area contributed by atoms with Crippen molar-refractivity contribution in [1.29, 1.82) is 0 Å². The van der Waals surface area contributed by atoms with Crippen LogP contribution >= 0.6 is 0 Å². The Morgan fingerprint density at radius 2 is 2.03 bits per heavy atom. The van der Waals surface area contributed by atoms with E-state index >= 15 is 0 Å². The molecule has 1 aliphatic carbocycles. The summed E-state index contributed by atoms with van der Waals surface area (Å²) in [5.74, 6) is -0.0584. The molecule has 10 heteroatoms. The number of carbonyl (C=O) groups is 1. The molecule has 160 valence electrons. The molecule has 30 heavy (non-hydrogen) atoms. The third-order valence-electron chi connectivity index (χ3n) is 5.07. The lowest BCUT2D eigenvalue weighted by Gasteiger charge is -2.34. The third-order valence-corrected chi connectivity index (χ3v) is 5.07. The van der Waals surface area contributed by atoms with Gasteiger partial charge < -0.3 is 24.8 Å². The highest BCUT2D eigenvalue weighted by Gasteiger charge is 2.39. The fraction of sp³-hybridized carbons (Fsp3) is 0.400. The van der Waals surface area contributed by atoms with E-state index in [1.54, 1.807) is 30.6 Å². The van der Waals surface area contributed by atoms with Crippen molar-refractivity contribution in [2.75, 3.05) is 14.2 Å². The first-order valence-electron chi connectivity index (χ1n) is 9.41. The number of hydrogen-bond donors (Lipinski definition) is 2. The number of amides is 1. The number of rotatable bonds is 7. The number of allylic oxidation sites excluding steroid dienone is 1. The molecule has 1 fully saturated rings. The lowest BCUT2D eigenvalue weighted by molar-refractivity contribution is -0.0502. The van der Waals surface area contributed by atoms with Crippen LogP contribution in [0, 0.1) is 0 Å². The van der Waals surface area contributed by atoms with Crippen LogP contribution in [0.3, 0.4) is 0 Å². The number of halogens is 2. The number of nitrogens with one attached hydrogen (secondary N) is 2. The molecule has 1 aromatic carbocycles. The predicted octanol–water partition coefficient (Wildman–Crippen LogP) is 2.64. The van der Waals surface area contributed by atoms with E-state index in [-0.39, 0.29) is 23.1 Å². The van der Waals surface area contributed by atoms with Crippen molar-refractivity contribution in [3.63, 3.8) is 0 Å². The van der Waals surface area contributed by atoms with Gasteiger partial charge >= 0.3 is 6.61 Å². The van der Waals surface area contributed by atoms with Crippen molar-refractivity contribution in [3.05, 3.63) is 41.3 Å². The first kappa shape index (κ1) is 20.0. The molecule has 2 aliphatic heterocycles. The van der Waals surface area contributed by atoms with E-state index in [4.69, 9.17) is 14.2 Å². The van der Waals surface area contributed by atoms with Gasteiger partial charge in [-0.05, 0) is 31.9 Å². The smallest absolute Gasteiger partial charge is 0.387 e. The lowest BCUT2D eigenvalue weighted by atomic mass is 10.0. The molecular formula is C20H22F2N4O4. The molecule has 1 atom stereocenters. The second kappa shape index (κ2) is 7.51. The number of hydrazone groups is 1. The molecule has 2 heterocycles. The summed E-state index contributed by atoms with van der Waals surface area (Å²) in [6, 6.07) is 3.04. The van der Waals surface area contributed by atoms with Crippen LogP contribution in [0.5, 0.6) is 11.5 Å². The first-order chi connectivity index (χ1) is 14.3. The maximum Gasteiger partial charge on any atom is 0.387 e. The summed E-state index contributed by atoms with van der Waals surface area (Å²) in [7, 11) is 2.92. The molecule has 4 rings (SSSR count). The highest BCUT2D eigenvalue weighted by Crippen LogP contribution is 2.40. The Hall–Kier alpha value is -3.30. The van der Waals surface area contributed by atoms with E-state index in [2.05, 4.69) is 15.7 Å². The summed E-state index contributed by atoms with van der Waals surface area (Å²) in [5.41, 5.74) is 0.320. The van der Waals surface area contributed by atoms with Crippen LogP contribution in [0.2, 0.25) is 0 Å². The predicted molar refractivity (Wildman–Crippen MR) is 105 cm³/mol. The summed E-state index contributed by atoms with van der Waals surface area (Å²) in [5, 5.41) is 12.1. The first-order valence-corrected chi connectivity index (χ1v) is 9.41. The van der Waals surface area contributed by atoms with Gasteiger partial charge in [-0.25, -0.2) is 5.01 Å². The number of fused-ring (bicyclic) bond motifs is 1. The highest BCUT2D eigenvalue weighted by molar-refractivity contribution is 6.00. The molecular weight excluding hydrogens is 398 g/mol. The zero-order chi connectivity index (χ0) is 21.5. The Balaban J connectivity index is 1.73. The molecule has 1 aromatic rings. The maximum atomic E-state index is 13.1. The lowest BCUT2D eigenvalue weighted by Crippen LogP contribution is -2.47. The van der Waals surface area contributed by atoms with Crippen molar-refractivity contribution in [2.45, 2.75) is 38.1 Å². The molecule has 0 aromatic heterocycles. The minimum absolute atomic E-state index is 0.0492. The molecule has 0 saturated heterocycles. The zero-order valence-corrected chi connectivity index (χ0v) is 16.7. The maximum absolute atomic E-state index is 13.1. The molecule has 0 radical (unpaired) electrons. The van der Waals surface area contributed by atoms with E-state index < -0.39 is 18.2 Å². The Labute approximate surface area is 172 Å². The quantitative estimate of drug-likeness (QED) is 0.706. The van der Waals surface area contributed by atoms with Gasteiger partial charge in [0.25, 0.3) is 5.91 Å². The summed E-state index contributed by atoms with van der Waals surface area (Å²) in [6.45, 7) is -1.21. The molecule has 1 amide bonds. The number of carbonyl (C=O) groups excluding carboxylic acids is 1. The standard InChI is InChI=1S/C20H22F2N4O4/c1-20-8-13(28-2)9-24-26(20)14(10-23-20)11-6-15(29-3)17(16(7-11)30-19(21)22)18(27)25-12-4-5-12/h6-10,12,19,23H,4-5H2,1-3H3,(H,25,27). The summed E-state index contributed by atoms with van der Waals surface area (Å²) in [4.78, 5) is 12.7. The molecule has 0 bridgehead atoms. The molecule has 1 saturated carbocycles. The van der Waals surface area contributed by atoms with Gasteiger partial charge in [-0.1, -0.05) is 0 Å². The average molecular weight is 420 g/mol. The van der Waals surface area contributed by atoms with E-state index in [1.807, 2.05) is 13.0 Å². The molecule has 2 N–H and O–H groups in total. The van der Waals surface area contributed by atoms with Crippen molar-refractivity contribution in [2.24, 2.45) is 5.10 Å². The van der Waals surface area contributed by atoms with Gasteiger partial charge in [-0.15, -0.1) is 0 Å². The Bertz CT molecular complexity index is 958. The number of benzene rings is 1. The van der Waals surface area contributed by atoms with E-state index in [0.717, 1.165) is 12.8 Å². The second-order valence-electron chi connectivity index (χ2n) is 7.31. The normalized spacial score (nSPS) is 22.1. The largest absolute Gasteiger partial charge is 0.496 e. The van der Waals surface area contributed by atoms with Crippen LogP contribution in [-0.2, 0) is 4.74 Å². The molecule has 8 nitrogen and oxygen atoms in total. The van der Waals surface area contributed by atoms with Gasteiger partial charge in [-0.3, -0.25) is 4.79 Å². The highest BCUT2D eigenvalue weighted by atomic mass is 19.3. The van der Waals surface area contributed by atoms with Gasteiger partial charge in [0.2, 0.25) is 0 Å². The summed E-state index contributed by atoms with van der Waals surface area (Å²) < 4.78 is 41.5. The fourth-order valence-corrected chi connectivity index (χ4v) is 3.41. The van der Waals surface area contributed by atoms with E-state index in [9.17, 15) is 13.6 Å². The number of ether oxygens (including phenoxy) is 3. The van der Waals surface area contributed by atoms with Crippen molar-refractivity contribution in [3.8, 4) is 11.5 Å². The number of alkyl halides is 2. The van der Waals surface area contributed by atoms with Crippen molar-refractivity contribution in [1.82, 2.24) is 15.6 Å². The van der Waals surface area contributed by atoms with Gasteiger partial charge in [0.05, 0.1) is 26.1 Å². The van der Waals surface area contributed by atoms with Crippen LogP contribution in [0.25, 0.3) is 5.70 Å². The number of hydrogen-bond acceptors (Lipinski definition) is 7. The van der Waals surface area contributed by atoms with Crippen molar-refractivity contribution < 1.29 is 27.8 Å². The van der Waals surface area contributed by atoms with Gasteiger partial charge in [0, 0.05) is 23.9 Å². The van der Waals surface area contributed by atoms with Crippen LogP contribution < -0.4 is 20.1 Å². The monoisotopic (exact) mass is 420 g/mol.